The Bertz CT molecular complexity index is 1070. The average molecular weight is 465 g/mol. The highest BCUT2D eigenvalue weighted by Gasteiger charge is 2.26. The molecule has 1 atom stereocenters. The Hall–Kier alpha value is -3.14. The van der Waals surface area contributed by atoms with E-state index in [0.717, 1.165) is 4.31 Å². The van der Waals surface area contributed by atoms with Gasteiger partial charge in [-0.15, -0.1) is 0 Å². The number of methoxy groups -OCH3 is 2. The van der Waals surface area contributed by atoms with Crippen molar-refractivity contribution < 1.29 is 32.2 Å². The Balaban J connectivity index is 1.82. The molecular weight excluding hydrogens is 436 g/mol. The van der Waals surface area contributed by atoms with E-state index < -0.39 is 22.0 Å². The molecule has 9 nitrogen and oxygen atoms in total. The van der Waals surface area contributed by atoms with Crippen LogP contribution in [0.5, 0.6) is 23.0 Å². The largest absolute Gasteiger partial charge is 0.497 e. The van der Waals surface area contributed by atoms with E-state index in [1.54, 1.807) is 50.4 Å². The molecule has 2 aromatic carbocycles. The maximum absolute atomic E-state index is 12.9. The molecule has 10 heteroatoms. The molecule has 1 amide bonds. The van der Waals surface area contributed by atoms with Crippen molar-refractivity contribution in [3.63, 3.8) is 0 Å². The third-order valence-electron chi connectivity index (χ3n) is 5.08. The van der Waals surface area contributed by atoms with Gasteiger partial charge in [-0.3, -0.25) is 9.10 Å². The fourth-order valence-electron chi connectivity index (χ4n) is 3.37. The summed E-state index contributed by atoms with van der Waals surface area (Å²) in [6.07, 6.45) is 0. The molecule has 174 valence electrons. The van der Waals surface area contributed by atoms with Gasteiger partial charge in [0.2, 0.25) is 15.9 Å². The number of rotatable bonds is 9. The number of hydrogen-bond donors (Lipinski definition) is 1. The van der Waals surface area contributed by atoms with Crippen molar-refractivity contribution in [2.75, 3.05) is 44.0 Å². The van der Waals surface area contributed by atoms with Crippen LogP contribution in [0, 0.1) is 0 Å². The molecular formula is C22H28N2O7S. The van der Waals surface area contributed by atoms with Gasteiger partial charge in [-0.05, 0) is 44.2 Å². The quantitative estimate of drug-likeness (QED) is 0.608. The van der Waals surface area contributed by atoms with E-state index in [9.17, 15) is 13.2 Å². The van der Waals surface area contributed by atoms with E-state index in [4.69, 9.17) is 18.9 Å². The maximum atomic E-state index is 12.9. The van der Waals surface area contributed by atoms with Crippen LogP contribution in [0.15, 0.2) is 36.4 Å². The number of anilines is 1. The molecule has 32 heavy (non-hydrogen) atoms. The molecule has 1 heterocycles. The van der Waals surface area contributed by atoms with Gasteiger partial charge >= 0.3 is 0 Å². The van der Waals surface area contributed by atoms with Crippen LogP contribution in [0.3, 0.4) is 0 Å². The van der Waals surface area contributed by atoms with Gasteiger partial charge in [0.25, 0.3) is 0 Å². The van der Waals surface area contributed by atoms with Gasteiger partial charge in [0.1, 0.15) is 31.3 Å². The topological polar surface area (TPSA) is 103 Å². The van der Waals surface area contributed by atoms with Gasteiger partial charge in [0.05, 0.1) is 31.7 Å². The Morgan fingerprint density at radius 1 is 1.09 bits per heavy atom. The average Bonchev–Trinajstić information content (AvgIpc) is 2.81. The molecule has 0 saturated heterocycles. The zero-order valence-electron chi connectivity index (χ0n) is 18.6. The molecule has 1 unspecified atom stereocenters. The molecule has 1 N–H and O–H groups in total. The first kappa shape index (κ1) is 23.5. The van der Waals surface area contributed by atoms with Crippen LogP contribution < -0.4 is 28.6 Å². The Labute approximate surface area is 188 Å². The van der Waals surface area contributed by atoms with E-state index in [1.807, 2.05) is 0 Å². The van der Waals surface area contributed by atoms with Crippen molar-refractivity contribution in [3.05, 3.63) is 42.0 Å². The molecule has 3 rings (SSSR count). The van der Waals surface area contributed by atoms with Crippen LogP contribution in [-0.2, 0) is 14.8 Å². The molecule has 0 aromatic heterocycles. The predicted molar refractivity (Wildman–Crippen MR) is 120 cm³/mol. The summed E-state index contributed by atoms with van der Waals surface area (Å²) in [5.41, 5.74) is 1.04. The molecule has 2 aromatic rings. The second-order valence-electron chi connectivity index (χ2n) is 7.13. The highest BCUT2D eigenvalue weighted by atomic mass is 32.2. The minimum absolute atomic E-state index is 0.159. The fourth-order valence-corrected chi connectivity index (χ4v) is 4.43. The van der Waals surface area contributed by atoms with Gasteiger partial charge in [-0.25, -0.2) is 8.42 Å². The number of carbonyl (C=O) groups is 1. The Kier molecular flexibility index (Phi) is 7.34. The predicted octanol–water partition coefficient (Wildman–Crippen LogP) is 2.51. The number of sulfonamides is 1. The second kappa shape index (κ2) is 9.99. The van der Waals surface area contributed by atoms with Gasteiger partial charge < -0.3 is 24.3 Å². The van der Waals surface area contributed by atoms with Crippen LogP contribution in [-0.4, -0.2) is 54.1 Å². The first-order chi connectivity index (χ1) is 15.3. The third kappa shape index (κ3) is 5.18. The summed E-state index contributed by atoms with van der Waals surface area (Å²) < 4.78 is 48.3. The molecule has 1 aliphatic rings. The number of amides is 1. The minimum Gasteiger partial charge on any atom is -0.497 e. The van der Waals surface area contributed by atoms with Crippen LogP contribution >= 0.6 is 0 Å². The third-order valence-corrected chi connectivity index (χ3v) is 6.82. The van der Waals surface area contributed by atoms with E-state index >= 15 is 0 Å². The number of benzene rings is 2. The molecule has 0 aliphatic carbocycles. The van der Waals surface area contributed by atoms with E-state index in [1.165, 1.54) is 14.0 Å². The van der Waals surface area contributed by atoms with Crippen molar-refractivity contribution in [1.82, 2.24) is 5.32 Å². The molecule has 1 aliphatic heterocycles. The van der Waals surface area contributed by atoms with Crippen molar-refractivity contribution >= 4 is 21.6 Å². The lowest BCUT2D eigenvalue weighted by Crippen LogP contribution is -2.42. The van der Waals surface area contributed by atoms with Crippen LogP contribution in [0.25, 0.3) is 0 Å². The number of carbonyl (C=O) groups excluding carboxylic acids is 1. The number of ether oxygens (including phenoxy) is 4. The fraction of sp³-hybridized carbons (Fsp3) is 0.409. The summed E-state index contributed by atoms with van der Waals surface area (Å²) in [5, 5.41) is 2.84. The first-order valence-corrected chi connectivity index (χ1v) is 11.8. The summed E-state index contributed by atoms with van der Waals surface area (Å²) in [4.78, 5) is 12.9. The zero-order chi connectivity index (χ0) is 23.3. The summed E-state index contributed by atoms with van der Waals surface area (Å²) >= 11 is 0. The number of nitrogens with zero attached hydrogens (tertiary/aromatic N) is 1. The van der Waals surface area contributed by atoms with Crippen molar-refractivity contribution in [2.24, 2.45) is 0 Å². The minimum atomic E-state index is -3.73. The standard InChI is InChI=1S/C22H28N2O7S/c1-5-32(26,27)24(16-6-8-20-21(12-16)31-11-10-30-20)14-22(25)23-15(2)18-13-17(28-3)7-9-19(18)29-4/h6-9,12-13,15H,5,10-11,14H2,1-4H3,(H,23,25). The molecule has 0 spiro atoms. The first-order valence-electron chi connectivity index (χ1n) is 10.2. The molecule has 0 radical (unpaired) electrons. The maximum Gasteiger partial charge on any atom is 0.241 e. The molecule has 0 fully saturated rings. The van der Waals surface area contributed by atoms with Gasteiger partial charge in [0, 0.05) is 11.6 Å². The Morgan fingerprint density at radius 2 is 1.81 bits per heavy atom. The lowest BCUT2D eigenvalue weighted by Gasteiger charge is -2.26. The molecule has 0 saturated carbocycles. The zero-order valence-corrected chi connectivity index (χ0v) is 19.4. The SMILES string of the molecule is CCS(=O)(=O)N(CC(=O)NC(C)c1cc(OC)ccc1OC)c1ccc2c(c1)OCCO2. The van der Waals surface area contributed by atoms with E-state index in [-0.39, 0.29) is 12.3 Å². The monoisotopic (exact) mass is 464 g/mol. The highest BCUT2D eigenvalue weighted by molar-refractivity contribution is 7.92. The molecule has 0 bridgehead atoms. The Morgan fingerprint density at radius 3 is 2.47 bits per heavy atom. The number of fused-ring (bicyclic) bond motifs is 1. The van der Waals surface area contributed by atoms with Crippen LogP contribution in [0.2, 0.25) is 0 Å². The van der Waals surface area contributed by atoms with Crippen molar-refractivity contribution in [2.45, 2.75) is 19.9 Å². The lowest BCUT2D eigenvalue weighted by molar-refractivity contribution is -0.120. The summed E-state index contributed by atoms with van der Waals surface area (Å²) in [6, 6.07) is 9.65. The van der Waals surface area contributed by atoms with E-state index in [0.29, 0.717) is 47.5 Å². The van der Waals surface area contributed by atoms with Crippen LogP contribution in [0.4, 0.5) is 5.69 Å². The van der Waals surface area contributed by atoms with Gasteiger partial charge in [-0.2, -0.15) is 0 Å². The van der Waals surface area contributed by atoms with E-state index in [2.05, 4.69) is 5.32 Å². The smallest absolute Gasteiger partial charge is 0.241 e. The highest BCUT2D eigenvalue weighted by Crippen LogP contribution is 2.35. The van der Waals surface area contributed by atoms with Crippen molar-refractivity contribution in [1.29, 1.82) is 0 Å². The second-order valence-corrected chi connectivity index (χ2v) is 9.31. The summed E-state index contributed by atoms with van der Waals surface area (Å²) in [6.45, 7) is 3.74. The summed E-state index contributed by atoms with van der Waals surface area (Å²) in [5.74, 6) is 1.57. The normalized spacial score (nSPS) is 13.8. The van der Waals surface area contributed by atoms with Gasteiger partial charge in [-0.1, -0.05) is 0 Å². The lowest BCUT2D eigenvalue weighted by atomic mass is 10.1. The van der Waals surface area contributed by atoms with Gasteiger partial charge in [0.15, 0.2) is 11.5 Å². The number of nitrogens with one attached hydrogen (secondary N) is 1. The van der Waals surface area contributed by atoms with Crippen LogP contribution in [0.1, 0.15) is 25.5 Å². The van der Waals surface area contributed by atoms with Crippen molar-refractivity contribution in [3.8, 4) is 23.0 Å². The summed E-state index contributed by atoms with van der Waals surface area (Å²) in [7, 11) is -0.637. The number of hydrogen-bond acceptors (Lipinski definition) is 7.